The Labute approximate surface area is 106 Å². The van der Waals surface area contributed by atoms with Crippen LogP contribution in [0.15, 0.2) is 29.2 Å². The molecule has 0 bridgehead atoms. The zero-order valence-electron chi connectivity index (χ0n) is 9.16. The van der Waals surface area contributed by atoms with Crippen LogP contribution >= 0.6 is 12.4 Å². The average Bonchev–Trinajstić information content (AvgIpc) is 2.16. The maximum absolute atomic E-state index is 11.3. The molecule has 0 radical (unpaired) electrons. The molecule has 1 aromatic rings. The SMILES string of the molecule is CS(=O)(=O)c1cccc(CC(N)C(=O)O)c1.Cl. The van der Waals surface area contributed by atoms with Gasteiger partial charge < -0.3 is 10.8 Å². The second kappa shape index (κ2) is 6.00. The number of carboxylic acids is 1. The molecule has 0 aliphatic carbocycles. The monoisotopic (exact) mass is 279 g/mol. The molecule has 7 heteroatoms. The Morgan fingerprint density at radius 3 is 2.53 bits per heavy atom. The smallest absolute Gasteiger partial charge is 0.320 e. The summed E-state index contributed by atoms with van der Waals surface area (Å²) in [5, 5.41) is 8.63. The molecule has 5 nitrogen and oxygen atoms in total. The van der Waals surface area contributed by atoms with Crippen LogP contribution in [-0.4, -0.2) is 31.8 Å². The summed E-state index contributed by atoms with van der Waals surface area (Å²) in [4.78, 5) is 10.7. The molecular weight excluding hydrogens is 266 g/mol. The van der Waals surface area contributed by atoms with Gasteiger partial charge in [0.15, 0.2) is 9.84 Å². The van der Waals surface area contributed by atoms with Gasteiger partial charge in [0.1, 0.15) is 6.04 Å². The third-order valence-electron chi connectivity index (χ3n) is 2.10. The molecule has 1 rings (SSSR count). The quantitative estimate of drug-likeness (QED) is 0.835. The topological polar surface area (TPSA) is 97.5 Å². The van der Waals surface area contributed by atoms with E-state index in [-0.39, 0.29) is 23.7 Å². The minimum absolute atomic E-state index is 0. The minimum Gasteiger partial charge on any atom is -0.480 e. The lowest BCUT2D eigenvalue weighted by Gasteiger charge is -2.07. The van der Waals surface area contributed by atoms with E-state index in [1.807, 2.05) is 0 Å². The Balaban J connectivity index is 0.00000256. The summed E-state index contributed by atoms with van der Waals surface area (Å²) in [5.41, 5.74) is 5.95. The molecule has 1 atom stereocenters. The standard InChI is InChI=1S/C10H13NO4S.ClH/c1-16(14,15)8-4-2-3-7(5-8)6-9(11)10(12)13;/h2-5,9H,6,11H2,1H3,(H,12,13);1H. The van der Waals surface area contributed by atoms with Crippen LogP contribution in [-0.2, 0) is 21.1 Å². The van der Waals surface area contributed by atoms with E-state index in [9.17, 15) is 13.2 Å². The Morgan fingerprint density at radius 1 is 1.47 bits per heavy atom. The van der Waals surface area contributed by atoms with Crippen LogP contribution in [0.3, 0.4) is 0 Å². The van der Waals surface area contributed by atoms with Crippen molar-refractivity contribution >= 4 is 28.2 Å². The fourth-order valence-corrected chi connectivity index (χ4v) is 1.94. The molecule has 0 aromatic heterocycles. The predicted octanol–water partition coefficient (Wildman–Crippen LogP) is 0.466. The Hall–Kier alpha value is -1.11. The van der Waals surface area contributed by atoms with Crippen molar-refractivity contribution < 1.29 is 18.3 Å². The van der Waals surface area contributed by atoms with Crippen LogP contribution in [0.2, 0.25) is 0 Å². The first-order valence-electron chi connectivity index (χ1n) is 4.58. The van der Waals surface area contributed by atoms with Crippen molar-refractivity contribution in [1.82, 2.24) is 0 Å². The van der Waals surface area contributed by atoms with Gasteiger partial charge in [0.05, 0.1) is 4.90 Å². The molecular formula is C10H14ClNO4S. The van der Waals surface area contributed by atoms with Crippen LogP contribution < -0.4 is 5.73 Å². The van der Waals surface area contributed by atoms with Gasteiger partial charge in [-0.15, -0.1) is 12.4 Å². The zero-order valence-corrected chi connectivity index (χ0v) is 10.8. The van der Waals surface area contributed by atoms with Gasteiger partial charge in [-0.25, -0.2) is 8.42 Å². The van der Waals surface area contributed by atoms with E-state index in [4.69, 9.17) is 10.8 Å². The second-order valence-corrected chi connectivity index (χ2v) is 5.58. The van der Waals surface area contributed by atoms with E-state index in [2.05, 4.69) is 0 Å². The summed E-state index contributed by atoms with van der Waals surface area (Å²) in [6.07, 6.45) is 1.21. The van der Waals surface area contributed by atoms with Crippen molar-refractivity contribution in [3.8, 4) is 0 Å². The van der Waals surface area contributed by atoms with Crippen molar-refractivity contribution in [1.29, 1.82) is 0 Å². The van der Waals surface area contributed by atoms with E-state index in [0.717, 1.165) is 6.26 Å². The Morgan fingerprint density at radius 2 is 2.06 bits per heavy atom. The van der Waals surface area contributed by atoms with Gasteiger partial charge in [-0.1, -0.05) is 12.1 Å². The molecule has 96 valence electrons. The summed E-state index contributed by atoms with van der Waals surface area (Å²) >= 11 is 0. The molecule has 0 amide bonds. The fourth-order valence-electron chi connectivity index (χ4n) is 1.24. The number of carboxylic acid groups (broad SMARTS) is 1. The normalized spacial score (nSPS) is 12.6. The van der Waals surface area contributed by atoms with E-state index in [1.54, 1.807) is 12.1 Å². The summed E-state index contributed by atoms with van der Waals surface area (Å²) in [7, 11) is -3.27. The molecule has 0 heterocycles. The van der Waals surface area contributed by atoms with Crippen molar-refractivity contribution in [2.45, 2.75) is 17.4 Å². The minimum atomic E-state index is -3.27. The van der Waals surface area contributed by atoms with Crippen LogP contribution in [0.1, 0.15) is 5.56 Å². The number of hydrogen-bond donors (Lipinski definition) is 2. The summed E-state index contributed by atoms with van der Waals surface area (Å²) < 4.78 is 22.5. The summed E-state index contributed by atoms with van der Waals surface area (Å²) in [6, 6.07) is 5.11. The molecule has 0 saturated carbocycles. The van der Waals surface area contributed by atoms with Gasteiger partial charge in [0.2, 0.25) is 0 Å². The molecule has 0 aliphatic rings. The lowest BCUT2D eigenvalue weighted by molar-refractivity contribution is -0.138. The third kappa shape index (κ3) is 4.72. The Kier molecular flexibility index (Phi) is 5.60. The molecule has 3 N–H and O–H groups in total. The van der Waals surface area contributed by atoms with Crippen molar-refractivity contribution in [2.24, 2.45) is 5.73 Å². The lowest BCUT2D eigenvalue weighted by Crippen LogP contribution is -2.32. The molecule has 0 spiro atoms. The molecule has 0 aliphatic heterocycles. The van der Waals surface area contributed by atoms with E-state index < -0.39 is 21.8 Å². The predicted molar refractivity (Wildman–Crippen MR) is 66.1 cm³/mol. The highest BCUT2D eigenvalue weighted by atomic mass is 35.5. The van der Waals surface area contributed by atoms with Crippen molar-refractivity contribution in [3.63, 3.8) is 0 Å². The van der Waals surface area contributed by atoms with Gasteiger partial charge in [-0.3, -0.25) is 4.79 Å². The number of nitrogens with two attached hydrogens (primary N) is 1. The summed E-state index contributed by atoms with van der Waals surface area (Å²) in [5.74, 6) is -1.11. The van der Waals surface area contributed by atoms with Crippen LogP contribution in [0.25, 0.3) is 0 Å². The maximum Gasteiger partial charge on any atom is 0.320 e. The van der Waals surface area contributed by atoms with Gasteiger partial charge in [0, 0.05) is 6.26 Å². The van der Waals surface area contributed by atoms with Crippen LogP contribution in [0.4, 0.5) is 0 Å². The van der Waals surface area contributed by atoms with Crippen LogP contribution in [0.5, 0.6) is 0 Å². The van der Waals surface area contributed by atoms with E-state index >= 15 is 0 Å². The zero-order chi connectivity index (χ0) is 12.3. The molecule has 0 saturated heterocycles. The highest BCUT2D eigenvalue weighted by Crippen LogP contribution is 2.12. The summed E-state index contributed by atoms with van der Waals surface area (Å²) in [6.45, 7) is 0. The first kappa shape index (κ1) is 15.9. The van der Waals surface area contributed by atoms with Gasteiger partial charge in [0.25, 0.3) is 0 Å². The molecule has 0 fully saturated rings. The van der Waals surface area contributed by atoms with Gasteiger partial charge in [-0.05, 0) is 24.1 Å². The van der Waals surface area contributed by atoms with E-state index in [1.165, 1.54) is 12.1 Å². The highest BCUT2D eigenvalue weighted by molar-refractivity contribution is 7.90. The van der Waals surface area contributed by atoms with Crippen molar-refractivity contribution in [2.75, 3.05) is 6.26 Å². The maximum atomic E-state index is 11.3. The largest absolute Gasteiger partial charge is 0.480 e. The fraction of sp³-hybridized carbons (Fsp3) is 0.300. The lowest BCUT2D eigenvalue weighted by atomic mass is 10.1. The first-order valence-corrected chi connectivity index (χ1v) is 6.47. The number of carbonyl (C=O) groups is 1. The number of benzene rings is 1. The number of rotatable bonds is 4. The molecule has 1 aromatic carbocycles. The average molecular weight is 280 g/mol. The number of halogens is 1. The van der Waals surface area contributed by atoms with E-state index in [0.29, 0.717) is 5.56 Å². The number of aliphatic carboxylic acids is 1. The van der Waals surface area contributed by atoms with Crippen LogP contribution in [0, 0.1) is 0 Å². The molecule has 1 unspecified atom stereocenters. The molecule has 17 heavy (non-hydrogen) atoms. The van der Waals surface area contributed by atoms with Gasteiger partial charge in [-0.2, -0.15) is 0 Å². The Bertz CT molecular complexity index is 501. The third-order valence-corrected chi connectivity index (χ3v) is 3.21. The first-order chi connectivity index (χ1) is 7.30. The van der Waals surface area contributed by atoms with Gasteiger partial charge >= 0.3 is 5.97 Å². The highest BCUT2D eigenvalue weighted by Gasteiger charge is 2.13. The number of hydrogen-bond acceptors (Lipinski definition) is 4. The van der Waals surface area contributed by atoms with Crippen molar-refractivity contribution in [3.05, 3.63) is 29.8 Å². The number of sulfone groups is 1. The second-order valence-electron chi connectivity index (χ2n) is 3.57.